The minimum atomic E-state index is 0.381. The third kappa shape index (κ3) is 3.78. The average Bonchev–Trinajstić information content (AvgIpc) is 2.82. The van der Waals surface area contributed by atoms with Gasteiger partial charge >= 0.3 is 0 Å². The number of nitrogens with two attached hydrogens (primary N) is 1. The van der Waals surface area contributed by atoms with Crippen molar-refractivity contribution in [3.05, 3.63) is 51.2 Å². The molecule has 2 N–H and O–H groups in total. The van der Waals surface area contributed by atoms with Crippen LogP contribution in [0.5, 0.6) is 5.75 Å². The Balaban J connectivity index is 1.96. The summed E-state index contributed by atoms with van der Waals surface area (Å²) in [4.78, 5) is 2.13. The molecule has 0 radical (unpaired) electrons. The molecule has 4 heteroatoms. The maximum atomic E-state index is 5.88. The van der Waals surface area contributed by atoms with E-state index in [1.807, 2.05) is 30.3 Å². The van der Waals surface area contributed by atoms with Crippen molar-refractivity contribution < 1.29 is 4.74 Å². The zero-order chi connectivity index (χ0) is 12.8. The van der Waals surface area contributed by atoms with Crippen LogP contribution < -0.4 is 10.5 Å². The minimum absolute atomic E-state index is 0.381. The van der Waals surface area contributed by atoms with Gasteiger partial charge in [-0.1, -0.05) is 29.5 Å². The molecule has 0 unspecified atom stereocenters. The molecule has 0 spiro atoms. The molecule has 2 aromatic rings. The molecule has 18 heavy (non-hydrogen) atoms. The van der Waals surface area contributed by atoms with Crippen molar-refractivity contribution in [2.75, 3.05) is 6.54 Å². The molecule has 0 fully saturated rings. The standard InChI is InChI=1S/C14H12ClNOS/c15-11-3-1-4-12(9-11)17-10-14-7-6-13(18-14)5-2-8-16/h1,3-4,6-7,9H,8,10,16H2. The fraction of sp³-hybridized carbons (Fsp3) is 0.143. The van der Waals surface area contributed by atoms with E-state index in [-0.39, 0.29) is 0 Å². The second-order valence-electron chi connectivity index (χ2n) is 3.52. The van der Waals surface area contributed by atoms with E-state index >= 15 is 0 Å². The molecule has 0 aliphatic rings. The molecule has 1 aromatic carbocycles. The van der Waals surface area contributed by atoms with Gasteiger partial charge in [0.1, 0.15) is 12.4 Å². The van der Waals surface area contributed by atoms with E-state index in [4.69, 9.17) is 22.1 Å². The van der Waals surface area contributed by atoms with Crippen LogP contribution in [-0.2, 0) is 6.61 Å². The van der Waals surface area contributed by atoms with Gasteiger partial charge in [-0.3, -0.25) is 0 Å². The van der Waals surface area contributed by atoms with Gasteiger partial charge in [0.25, 0.3) is 0 Å². The lowest BCUT2D eigenvalue weighted by Gasteiger charge is -2.04. The van der Waals surface area contributed by atoms with Crippen LogP contribution in [0, 0.1) is 11.8 Å². The molecular weight excluding hydrogens is 266 g/mol. The molecule has 2 rings (SSSR count). The van der Waals surface area contributed by atoms with Crippen LogP contribution in [0.4, 0.5) is 0 Å². The number of ether oxygens (including phenoxy) is 1. The summed E-state index contributed by atoms with van der Waals surface area (Å²) in [6, 6.07) is 11.4. The summed E-state index contributed by atoms with van der Waals surface area (Å²) in [7, 11) is 0. The third-order valence-corrected chi connectivity index (χ3v) is 3.36. The summed E-state index contributed by atoms with van der Waals surface area (Å²) in [5, 5.41) is 0.674. The van der Waals surface area contributed by atoms with Gasteiger partial charge in [0.05, 0.1) is 11.4 Å². The Morgan fingerprint density at radius 1 is 1.28 bits per heavy atom. The molecule has 0 saturated carbocycles. The van der Waals surface area contributed by atoms with Crippen LogP contribution >= 0.6 is 22.9 Å². The van der Waals surface area contributed by atoms with Gasteiger partial charge in [-0.15, -0.1) is 11.3 Å². The van der Waals surface area contributed by atoms with E-state index in [1.54, 1.807) is 17.4 Å². The smallest absolute Gasteiger partial charge is 0.122 e. The Morgan fingerprint density at radius 3 is 2.94 bits per heavy atom. The molecule has 0 atom stereocenters. The van der Waals surface area contributed by atoms with Crippen molar-refractivity contribution in [2.45, 2.75) is 6.61 Å². The second kappa shape index (κ2) is 6.46. The first-order valence-corrected chi connectivity index (χ1v) is 6.63. The topological polar surface area (TPSA) is 35.2 Å². The molecular formula is C14H12ClNOS. The molecule has 0 saturated heterocycles. The quantitative estimate of drug-likeness (QED) is 0.874. The van der Waals surface area contributed by atoms with E-state index in [1.165, 1.54) is 0 Å². The predicted octanol–water partition coefficient (Wildman–Crippen LogP) is 3.29. The van der Waals surface area contributed by atoms with Gasteiger partial charge in [-0.05, 0) is 30.3 Å². The molecule has 92 valence electrons. The summed E-state index contributed by atoms with van der Waals surface area (Å²) in [6.45, 7) is 0.904. The molecule has 2 nitrogen and oxygen atoms in total. The van der Waals surface area contributed by atoms with Gasteiger partial charge in [-0.25, -0.2) is 0 Å². The molecule has 0 bridgehead atoms. The maximum Gasteiger partial charge on any atom is 0.122 e. The van der Waals surface area contributed by atoms with Gasteiger partial charge in [0.2, 0.25) is 0 Å². The Labute approximate surface area is 115 Å². The fourth-order valence-corrected chi connectivity index (χ4v) is 2.35. The molecule has 0 aliphatic heterocycles. The van der Waals surface area contributed by atoms with E-state index in [0.29, 0.717) is 18.2 Å². The number of rotatable bonds is 3. The van der Waals surface area contributed by atoms with Crippen molar-refractivity contribution in [3.8, 4) is 17.6 Å². The number of halogens is 1. The second-order valence-corrected chi connectivity index (χ2v) is 5.12. The SMILES string of the molecule is NCC#Cc1ccc(COc2cccc(Cl)c2)s1. The fourth-order valence-electron chi connectivity index (χ4n) is 1.37. The van der Waals surface area contributed by atoms with Crippen LogP contribution in [-0.4, -0.2) is 6.54 Å². The van der Waals surface area contributed by atoms with Gasteiger partial charge < -0.3 is 10.5 Å². The van der Waals surface area contributed by atoms with Crippen molar-refractivity contribution in [1.29, 1.82) is 0 Å². The van der Waals surface area contributed by atoms with Crippen molar-refractivity contribution >= 4 is 22.9 Å². The highest BCUT2D eigenvalue weighted by Crippen LogP contribution is 2.21. The Morgan fingerprint density at radius 2 is 2.17 bits per heavy atom. The lowest BCUT2D eigenvalue weighted by Crippen LogP contribution is -1.92. The van der Waals surface area contributed by atoms with Crippen molar-refractivity contribution in [2.24, 2.45) is 5.73 Å². The van der Waals surface area contributed by atoms with Gasteiger partial charge in [0, 0.05) is 9.90 Å². The van der Waals surface area contributed by atoms with Crippen LogP contribution in [0.3, 0.4) is 0 Å². The summed E-state index contributed by atoms with van der Waals surface area (Å²) in [5.41, 5.74) is 5.33. The molecule has 0 amide bonds. The number of thiophene rings is 1. The number of hydrogen-bond donors (Lipinski definition) is 1. The number of benzene rings is 1. The number of hydrogen-bond acceptors (Lipinski definition) is 3. The Kier molecular flexibility index (Phi) is 4.66. The third-order valence-electron chi connectivity index (χ3n) is 2.15. The summed E-state index contributed by atoms with van der Waals surface area (Å²) in [6.07, 6.45) is 0. The first kappa shape index (κ1) is 13.0. The minimum Gasteiger partial charge on any atom is -0.488 e. The first-order chi connectivity index (χ1) is 8.78. The zero-order valence-corrected chi connectivity index (χ0v) is 11.2. The van der Waals surface area contributed by atoms with Crippen LogP contribution in [0.25, 0.3) is 0 Å². The maximum absolute atomic E-state index is 5.88. The highest BCUT2D eigenvalue weighted by Gasteiger charge is 2.00. The van der Waals surface area contributed by atoms with E-state index in [0.717, 1.165) is 15.5 Å². The highest BCUT2D eigenvalue weighted by atomic mass is 35.5. The van der Waals surface area contributed by atoms with Crippen molar-refractivity contribution in [1.82, 2.24) is 0 Å². The van der Waals surface area contributed by atoms with E-state index in [2.05, 4.69) is 11.8 Å². The average molecular weight is 278 g/mol. The van der Waals surface area contributed by atoms with Gasteiger partial charge in [-0.2, -0.15) is 0 Å². The predicted molar refractivity (Wildman–Crippen MR) is 76.0 cm³/mol. The van der Waals surface area contributed by atoms with Crippen LogP contribution in [0.15, 0.2) is 36.4 Å². The Hall–Kier alpha value is -1.47. The largest absolute Gasteiger partial charge is 0.488 e. The monoisotopic (exact) mass is 277 g/mol. The first-order valence-electron chi connectivity index (χ1n) is 5.44. The summed E-state index contributed by atoms with van der Waals surface area (Å²) < 4.78 is 5.64. The molecule has 1 heterocycles. The Bertz CT molecular complexity index is 583. The van der Waals surface area contributed by atoms with E-state index in [9.17, 15) is 0 Å². The van der Waals surface area contributed by atoms with Crippen LogP contribution in [0.1, 0.15) is 9.75 Å². The molecule has 0 aliphatic carbocycles. The molecule has 1 aromatic heterocycles. The summed E-state index contributed by atoms with van der Waals surface area (Å²) >= 11 is 7.49. The normalized spacial score (nSPS) is 9.67. The highest BCUT2D eigenvalue weighted by molar-refractivity contribution is 7.12. The van der Waals surface area contributed by atoms with Gasteiger partial charge in [0.15, 0.2) is 0 Å². The van der Waals surface area contributed by atoms with E-state index < -0.39 is 0 Å². The zero-order valence-electron chi connectivity index (χ0n) is 9.65. The summed E-state index contributed by atoms with van der Waals surface area (Å²) in [5.74, 6) is 6.60. The lowest BCUT2D eigenvalue weighted by atomic mass is 10.3. The van der Waals surface area contributed by atoms with Crippen LogP contribution in [0.2, 0.25) is 5.02 Å². The van der Waals surface area contributed by atoms with Crippen molar-refractivity contribution in [3.63, 3.8) is 0 Å². The lowest BCUT2D eigenvalue weighted by molar-refractivity contribution is 0.310.